The van der Waals surface area contributed by atoms with Crippen LogP contribution in [0.3, 0.4) is 0 Å². The van der Waals surface area contributed by atoms with Crippen molar-refractivity contribution in [2.45, 2.75) is 22.8 Å². The van der Waals surface area contributed by atoms with E-state index in [2.05, 4.69) is 4.72 Å². The molecule has 0 amide bonds. The topological polar surface area (TPSA) is 132 Å². The van der Waals surface area contributed by atoms with Crippen LogP contribution in [-0.2, 0) is 20.0 Å². The number of rotatable bonds is 5. The van der Waals surface area contributed by atoms with Gasteiger partial charge in [0.25, 0.3) is 0 Å². The van der Waals surface area contributed by atoms with E-state index in [9.17, 15) is 16.8 Å². The molecule has 0 aliphatic heterocycles. The molecule has 0 heterocycles. The van der Waals surface area contributed by atoms with Gasteiger partial charge < -0.3 is 5.73 Å². The predicted molar refractivity (Wildman–Crippen MR) is 73.9 cm³/mol. The summed E-state index contributed by atoms with van der Waals surface area (Å²) < 4.78 is 48.3. The van der Waals surface area contributed by atoms with Gasteiger partial charge in [-0.05, 0) is 25.1 Å². The molecule has 0 saturated carbocycles. The fourth-order valence-electron chi connectivity index (χ4n) is 1.20. The Hall–Kier alpha value is -0.710. The Morgan fingerprint density at radius 2 is 1.74 bits per heavy atom. The third-order valence-electron chi connectivity index (χ3n) is 2.15. The van der Waals surface area contributed by atoms with Gasteiger partial charge in [0.1, 0.15) is 0 Å². The highest BCUT2D eigenvalue weighted by Crippen LogP contribution is 2.14. The SMILES string of the molecule is C[C@H](CN)NS(=O)(=O)c1cccc(S(N)(=O)=O)c1.Cl. The molecule has 5 N–H and O–H groups in total. The Kier molecular flexibility index (Phi) is 6.39. The van der Waals surface area contributed by atoms with Crippen LogP contribution in [0.1, 0.15) is 6.92 Å². The monoisotopic (exact) mass is 329 g/mol. The smallest absolute Gasteiger partial charge is 0.240 e. The highest BCUT2D eigenvalue weighted by molar-refractivity contribution is 7.90. The fourth-order valence-corrected chi connectivity index (χ4v) is 3.14. The lowest BCUT2D eigenvalue weighted by molar-refractivity contribution is 0.562. The molecule has 19 heavy (non-hydrogen) atoms. The maximum Gasteiger partial charge on any atom is 0.240 e. The van der Waals surface area contributed by atoms with Gasteiger partial charge in [0.05, 0.1) is 9.79 Å². The normalized spacial score (nSPS) is 13.6. The molecule has 1 aromatic carbocycles. The molecule has 7 nitrogen and oxygen atoms in total. The number of primary sulfonamides is 1. The minimum atomic E-state index is -3.94. The zero-order valence-corrected chi connectivity index (χ0v) is 12.6. The minimum absolute atomic E-state index is 0. The first-order valence-electron chi connectivity index (χ1n) is 5.02. The number of halogens is 1. The molecule has 1 atom stereocenters. The molecule has 0 spiro atoms. The molecule has 0 aliphatic rings. The number of nitrogens with one attached hydrogen (secondary N) is 1. The lowest BCUT2D eigenvalue weighted by atomic mass is 10.4. The van der Waals surface area contributed by atoms with Crippen molar-refractivity contribution in [2.24, 2.45) is 10.9 Å². The number of hydrogen-bond donors (Lipinski definition) is 3. The molecule has 110 valence electrons. The Morgan fingerprint density at radius 1 is 1.21 bits per heavy atom. The van der Waals surface area contributed by atoms with E-state index in [0.29, 0.717) is 0 Å². The van der Waals surface area contributed by atoms with E-state index >= 15 is 0 Å². The zero-order chi connectivity index (χ0) is 14.0. The van der Waals surface area contributed by atoms with Gasteiger partial charge in [-0.25, -0.2) is 26.7 Å². The van der Waals surface area contributed by atoms with E-state index in [0.717, 1.165) is 6.07 Å². The Bertz CT molecular complexity index is 631. The molecular weight excluding hydrogens is 314 g/mol. The van der Waals surface area contributed by atoms with Gasteiger partial charge in [0, 0.05) is 12.6 Å². The van der Waals surface area contributed by atoms with E-state index < -0.39 is 26.1 Å². The second-order valence-electron chi connectivity index (χ2n) is 3.78. The molecule has 0 bridgehead atoms. The minimum Gasteiger partial charge on any atom is -0.329 e. The number of sulfonamides is 2. The Labute approximate surface area is 118 Å². The summed E-state index contributed by atoms with van der Waals surface area (Å²) in [4.78, 5) is -0.430. The van der Waals surface area contributed by atoms with Crippen molar-refractivity contribution in [3.8, 4) is 0 Å². The quantitative estimate of drug-likeness (QED) is 0.662. The van der Waals surface area contributed by atoms with Gasteiger partial charge in [-0.2, -0.15) is 0 Å². The summed E-state index contributed by atoms with van der Waals surface area (Å²) >= 11 is 0. The largest absolute Gasteiger partial charge is 0.329 e. The van der Waals surface area contributed by atoms with Gasteiger partial charge in [-0.3, -0.25) is 0 Å². The first-order valence-corrected chi connectivity index (χ1v) is 8.05. The van der Waals surface area contributed by atoms with E-state index in [1.54, 1.807) is 6.92 Å². The third-order valence-corrected chi connectivity index (χ3v) is 4.65. The van der Waals surface area contributed by atoms with Gasteiger partial charge >= 0.3 is 0 Å². The Balaban J connectivity index is 0.00000324. The van der Waals surface area contributed by atoms with E-state index in [-0.39, 0.29) is 28.7 Å². The number of benzene rings is 1. The first-order chi connectivity index (χ1) is 8.16. The van der Waals surface area contributed by atoms with Crippen LogP contribution in [0.4, 0.5) is 0 Å². The van der Waals surface area contributed by atoms with Gasteiger partial charge in [0.15, 0.2) is 0 Å². The van der Waals surface area contributed by atoms with E-state index in [4.69, 9.17) is 10.9 Å². The molecule has 0 aromatic heterocycles. The molecule has 0 aliphatic carbocycles. The zero-order valence-electron chi connectivity index (χ0n) is 10.1. The molecule has 1 rings (SSSR count). The van der Waals surface area contributed by atoms with Crippen molar-refractivity contribution < 1.29 is 16.8 Å². The second-order valence-corrected chi connectivity index (χ2v) is 7.05. The van der Waals surface area contributed by atoms with Crippen LogP contribution < -0.4 is 15.6 Å². The number of hydrogen-bond acceptors (Lipinski definition) is 5. The fraction of sp³-hybridized carbons (Fsp3) is 0.333. The van der Waals surface area contributed by atoms with Crippen molar-refractivity contribution in [1.82, 2.24) is 4.72 Å². The van der Waals surface area contributed by atoms with Crippen LogP contribution in [0.2, 0.25) is 0 Å². The maximum atomic E-state index is 11.9. The predicted octanol–water partition coefficient (Wildman–Crippen LogP) is -0.619. The number of nitrogens with two attached hydrogens (primary N) is 2. The van der Waals surface area contributed by atoms with Crippen LogP contribution >= 0.6 is 12.4 Å². The van der Waals surface area contributed by atoms with E-state index in [1.165, 1.54) is 18.2 Å². The van der Waals surface area contributed by atoms with Crippen molar-refractivity contribution in [3.05, 3.63) is 24.3 Å². The van der Waals surface area contributed by atoms with E-state index in [1.807, 2.05) is 0 Å². The van der Waals surface area contributed by atoms with Crippen LogP contribution in [0.5, 0.6) is 0 Å². The molecule has 0 fully saturated rings. The summed E-state index contributed by atoms with van der Waals surface area (Å²) in [7, 11) is -7.74. The molecule has 0 saturated heterocycles. The first kappa shape index (κ1) is 18.3. The van der Waals surface area contributed by atoms with Crippen LogP contribution in [0.25, 0.3) is 0 Å². The Morgan fingerprint density at radius 3 is 2.21 bits per heavy atom. The van der Waals surface area contributed by atoms with Crippen LogP contribution in [0, 0.1) is 0 Å². The lowest BCUT2D eigenvalue weighted by Gasteiger charge is -2.12. The molecular formula is C9H16ClN3O4S2. The summed E-state index contributed by atoms with van der Waals surface area (Å²) in [5, 5.41) is 4.93. The molecule has 0 unspecified atom stereocenters. The third kappa shape index (κ3) is 5.05. The van der Waals surface area contributed by atoms with Crippen LogP contribution in [0.15, 0.2) is 34.1 Å². The average Bonchev–Trinajstić information content (AvgIpc) is 2.27. The van der Waals surface area contributed by atoms with Gasteiger partial charge in [-0.15, -0.1) is 12.4 Å². The average molecular weight is 330 g/mol. The van der Waals surface area contributed by atoms with Gasteiger partial charge in [-0.1, -0.05) is 6.07 Å². The molecule has 0 radical (unpaired) electrons. The van der Waals surface area contributed by atoms with Crippen molar-refractivity contribution in [2.75, 3.05) is 6.54 Å². The second kappa shape index (κ2) is 6.64. The van der Waals surface area contributed by atoms with Crippen molar-refractivity contribution >= 4 is 32.5 Å². The summed E-state index contributed by atoms with van der Waals surface area (Å²) in [5.74, 6) is 0. The van der Waals surface area contributed by atoms with Crippen molar-refractivity contribution in [3.63, 3.8) is 0 Å². The lowest BCUT2D eigenvalue weighted by Crippen LogP contribution is -2.37. The highest BCUT2D eigenvalue weighted by atomic mass is 35.5. The summed E-state index contributed by atoms with van der Waals surface area (Å²) in [6, 6.07) is 4.36. The standard InChI is InChI=1S/C9H15N3O4S2.ClH/c1-7(6-10)12-18(15,16)9-4-2-3-8(5-9)17(11,13)14;/h2-5,7,12H,6,10H2,1H3,(H2,11,13,14);1H/t7-;/m1./s1. The molecule has 10 heteroatoms. The summed E-state index contributed by atoms with van der Waals surface area (Å²) in [6.45, 7) is 1.73. The maximum absolute atomic E-state index is 11.9. The van der Waals surface area contributed by atoms with Crippen LogP contribution in [-0.4, -0.2) is 29.4 Å². The molecule has 1 aromatic rings. The summed E-state index contributed by atoms with van der Waals surface area (Å²) in [5.41, 5.74) is 5.31. The summed E-state index contributed by atoms with van der Waals surface area (Å²) in [6.07, 6.45) is 0. The van der Waals surface area contributed by atoms with Gasteiger partial charge in [0.2, 0.25) is 20.0 Å². The van der Waals surface area contributed by atoms with Crippen molar-refractivity contribution in [1.29, 1.82) is 0 Å². The highest BCUT2D eigenvalue weighted by Gasteiger charge is 2.18.